The van der Waals surface area contributed by atoms with Crippen LogP contribution in [0.25, 0.3) is 33.1 Å². The third-order valence-electron chi connectivity index (χ3n) is 5.67. The number of aromatic nitrogens is 3. The highest BCUT2D eigenvalue weighted by Crippen LogP contribution is 2.30. The number of nitrogens with zero attached hydrogens (tertiary/aromatic N) is 3. The van der Waals surface area contributed by atoms with E-state index >= 15 is 0 Å². The Morgan fingerprint density at radius 3 is 2.63 bits per heavy atom. The second kappa shape index (κ2) is 8.15. The van der Waals surface area contributed by atoms with Gasteiger partial charge in [0, 0.05) is 30.1 Å². The summed E-state index contributed by atoms with van der Waals surface area (Å²) in [6, 6.07) is 23.3. The first-order valence-electron chi connectivity index (χ1n) is 10.7. The van der Waals surface area contributed by atoms with Gasteiger partial charge in [-0.3, -0.25) is 0 Å². The van der Waals surface area contributed by atoms with Gasteiger partial charge in [-0.1, -0.05) is 85.6 Å². The molecule has 2 heterocycles. The Morgan fingerprint density at radius 2 is 1.73 bits per heavy atom. The second-order valence-corrected chi connectivity index (χ2v) is 7.83. The third-order valence-corrected chi connectivity index (χ3v) is 5.67. The Hall–Kier alpha value is -3.40. The second-order valence-electron chi connectivity index (χ2n) is 7.83. The van der Waals surface area contributed by atoms with Crippen molar-refractivity contribution >= 4 is 21.7 Å². The Labute approximate surface area is 176 Å². The molecule has 3 aromatic carbocycles. The van der Waals surface area contributed by atoms with Crippen LogP contribution in [-0.2, 0) is 13.0 Å². The summed E-state index contributed by atoms with van der Waals surface area (Å²) in [6.45, 7) is 3.24. The maximum absolute atomic E-state index is 5.68. The molecule has 0 N–H and O–H groups in total. The van der Waals surface area contributed by atoms with Crippen molar-refractivity contribution in [2.45, 2.75) is 39.2 Å². The van der Waals surface area contributed by atoms with Crippen molar-refractivity contribution in [2.75, 3.05) is 0 Å². The number of fused-ring (bicyclic) bond motifs is 2. The van der Waals surface area contributed by atoms with Crippen molar-refractivity contribution in [3.05, 3.63) is 84.3 Å². The SMILES string of the molecule is CCCCCn1cc(-c2nc(Cc3ccc4ccccc4c3)no2)c2ccccc21. The molecule has 30 heavy (non-hydrogen) atoms. The molecule has 0 aliphatic rings. The Kier molecular flexibility index (Phi) is 5.06. The zero-order chi connectivity index (χ0) is 20.3. The van der Waals surface area contributed by atoms with Crippen LogP contribution in [0.4, 0.5) is 0 Å². The van der Waals surface area contributed by atoms with E-state index in [0.29, 0.717) is 18.1 Å². The fourth-order valence-electron chi connectivity index (χ4n) is 4.10. The molecule has 0 bridgehead atoms. The van der Waals surface area contributed by atoms with E-state index in [1.54, 1.807) is 0 Å². The van der Waals surface area contributed by atoms with E-state index in [0.717, 1.165) is 17.5 Å². The third kappa shape index (κ3) is 3.61. The lowest BCUT2D eigenvalue weighted by Gasteiger charge is -2.03. The molecule has 4 heteroatoms. The molecule has 150 valence electrons. The summed E-state index contributed by atoms with van der Waals surface area (Å²) >= 11 is 0. The minimum atomic E-state index is 0.594. The van der Waals surface area contributed by atoms with E-state index in [4.69, 9.17) is 9.51 Å². The summed E-state index contributed by atoms with van der Waals surface area (Å²) in [7, 11) is 0. The van der Waals surface area contributed by atoms with Crippen LogP contribution in [0.15, 0.2) is 77.4 Å². The molecular formula is C26H25N3O. The molecule has 0 unspecified atom stereocenters. The highest BCUT2D eigenvalue weighted by molar-refractivity contribution is 5.94. The maximum Gasteiger partial charge on any atom is 0.260 e. The van der Waals surface area contributed by atoms with Crippen LogP contribution in [0.5, 0.6) is 0 Å². The summed E-state index contributed by atoms with van der Waals surface area (Å²) in [5.41, 5.74) is 3.42. The zero-order valence-corrected chi connectivity index (χ0v) is 17.2. The van der Waals surface area contributed by atoms with Crippen molar-refractivity contribution in [3.63, 3.8) is 0 Å². The number of unbranched alkanes of at least 4 members (excludes halogenated alkanes) is 2. The van der Waals surface area contributed by atoms with Crippen LogP contribution in [0, 0.1) is 0 Å². The highest BCUT2D eigenvalue weighted by Gasteiger charge is 2.16. The molecule has 0 atom stereocenters. The molecule has 0 aliphatic carbocycles. The molecule has 0 fully saturated rings. The van der Waals surface area contributed by atoms with Gasteiger partial charge in [0.05, 0.1) is 5.56 Å². The average molecular weight is 396 g/mol. The van der Waals surface area contributed by atoms with Gasteiger partial charge in [0.2, 0.25) is 0 Å². The van der Waals surface area contributed by atoms with Gasteiger partial charge in [0.1, 0.15) is 0 Å². The molecule has 0 radical (unpaired) electrons. The maximum atomic E-state index is 5.68. The number of aryl methyl sites for hydroxylation is 1. The monoisotopic (exact) mass is 395 g/mol. The minimum Gasteiger partial charge on any atom is -0.347 e. The molecule has 5 aromatic rings. The molecule has 0 aliphatic heterocycles. The van der Waals surface area contributed by atoms with Crippen LogP contribution >= 0.6 is 0 Å². The largest absolute Gasteiger partial charge is 0.347 e. The van der Waals surface area contributed by atoms with Gasteiger partial charge >= 0.3 is 0 Å². The lowest BCUT2D eigenvalue weighted by molar-refractivity contribution is 0.424. The lowest BCUT2D eigenvalue weighted by atomic mass is 10.1. The van der Waals surface area contributed by atoms with E-state index < -0.39 is 0 Å². The molecule has 2 aromatic heterocycles. The standard InChI is InChI=1S/C26H25N3O/c1-2-3-8-15-29-18-23(22-11-6-7-12-24(22)29)26-27-25(28-30-26)17-19-13-14-20-9-4-5-10-21(20)16-19/h4-7,9-14,16,18H,2-3,8,15,17H2,1H3. The van der Waals surface area contributed by atoms with E-state index in [1.165, 1.54) is 41.1 Å². The first-order valence-corrected chi connectivity index (χ1v) is 10.7. The van der Waals surface area contributed by atoms with Gasteiger partial charge in [-0.15, -0.1) is 0 Å². The quantitative estimate of drug-likeness (QED) is 0.291. The molecular weight excluding hydrogens is 370 g/mol. The predicted octanol–water partition coefficient (Wildman–Crippen LogP) is 6.63. The van der Waals surface area contributed by atoms with Crippen LogP contribution in [0.3, 0.4) is 0 Å². The molecule has 5 rings (SSSR count). The minimum absolute atomic E-state index is 0.594. The fourth-order valence-corrected chi connectivity index (χ4v) is 4.10. The number of rotatable bonds is 7. The smallest absolute Gasteiger partial charge is 0.260 e. The molecule has 0 amide bonds. The van der Waals surface area contributed by atoms with Gasteiger partial charge < -0.3 is 9.09 Å². The van der Waals surface area contributed by atoms with E-state index in [2.05, 4.69) is 89.6 Å². The van der Waals surface area contributed by atoms with Crippen LogP contribution in [0.2, 0.25) is 0 Å². The Balaban J connectivity index is 1.44. The van der Waals surface area contributed by atoms with Crippen molar-refractivity contribution in [3.8, 4) is 11.5 Å². The van der Waals surface area contributed by atoms with Gasteiger partial charge in [-0.05, 0) is 28.8 Å². The molecule has 4 nitrogen and oxygen atoms in total. The van der Waals surface area contributed by atoms with Gasteiger partial charge in [0.15, 0.2) is 5.82 Å². The molecule has 0 saturated carbocycles. The van der Waals surface area contributed by atoms with Crippen LogP contribution in [-0.4, -0.2) is 14.7 Å². The number of benzene rings is 3. The Morgan fingerprint density at radius 1 is 0.900 bits per heavy atom. The fraction of sp³-hybridized carbons (Fsp3) is 0.231. The van der Waals surface area contributed by atoms with E-state index in [-0.39, 0.29) is 0 Å². The van der Waals surface area contributed by atoms with E-state index in [1.807, 2.05) is 0 Å². The highest BCUT2D eigenvalue weighted by atomic mass is 16.5. The Bertz CT molecular complexity index is 1300. The summed E-state index contributed by atoms with van der Waals surface area (Å²) in [5, 5.41) is 7.90. The zero-order valence-electron chi connectivity index (χ0n) is 17.2. The lowest BCUT2D eigenvalue weighted by Crippen LogP contribution is -1.95. The number of hydrogen-bond acceptors (Lipinski definition) is 3. The van der Waals surface area contributed by atoms with Crippen LogP contribution < -0.4 is 0 Å². The predicted molar refractivity (Wildman–Crippen MR) is 122 cm³/mol. The summed E-state index contributed by atoms with van der Waals surface area (Å²) in [6.07, 6.45) is 6.44. The first kappa shape index (κ1) is 18.6. The van der Waals surface area contributed by atoms with Crippen molar-refractivity contribution in [2.24, 2.45) is 0 Å². The van der Waals surface area contributed by atoms with Gasteiger partial charge in [-0.2, -0.15) is 4.98 Å². The van der Waals surface area contributed by atoms with Gasteiger partial charge in [0.25, 0.3) is 5.89 Å². The van der Waals surface area contributed by atoms with Crippen molar-refractivity contribution < 1.29 is 4.52 Å². The molecule has 0 spiro atoms. The number of para-hydroxylation sites is 1. The van der Waals surface area contributed by atoms with Crippen LogP contribution in [0.1, 0.15) is 37.6 Å². The summed E-state index contributed by atoms with van der Waals surface area (Å²) < 4.78 is 8.00. The summed E-state index contributed by atoms with van der Waals surface area (Å²) in [4.78, 5) is 4.72. The van der Waals surface area contributed by atoms with E-state index in [9.17, 15) is 0 Å². The topological polar surface area (TPSA) is 43.9 Å². The number of hydrogen-bond donors (Lipinski definition) is 0. The van der Waals surface area contributed by atoms with Crippen molar-refractivity contribution in [1.29, 1.82) is 0 Å². The summed E-state index contributed by atoms with van der Waals surface area (Å²) in [5.74, 6) is 1.30. The average Bonchev–Trinajstić information content (AvgIpc) is 3.39. The van der Waals surface area contributed by atoms with Gasteiger partial charge in [-0.25, -0.2) is 0 Å². The first-order chi connectivity index (χ1) is 14.8. The van der Waals surface area contributed by atoms with Crippen molar-refractivity contribution in [1.82, 2.24) is 14.7 Å². The normalized spacial score (nSPS) is 11.5. The molecule has 0 saturated heterocycles.